The number of amides is 1. The van der Waals surface area contributed by atoms with Crippen molar-refractivity contribution in [3.8, 4) is 0 Å². The molecule has 1 aromatic carbocycles. The number of carbonyl (C=O) groups is 1. The molecule has 0 unspecified atom stereocenters. The van der Waals surface area contributed by atoms with E-state index in [1.165, 1.54) is 12.4 Å². The Morgan fingerprint density at radius 1 is 1.15 bits per heavy atom. The predicted octanol–water partition coefficient (Wildman–Crippen LogP) is 5.28. The Kier molecular flexibility index (Phi) is 10.9. The second kappa shape index (κ2) is 14.7. The summed E-state index contributed by atoms with van der Waals surface area (Å²) in [6, 6.07) is 8.14. The summed E-state index contributed by atoms with van der Waals surface area (Å²) in [6.45, 7) is 5.93. The van der Waals surface area contributed by atoms with Crippen molar-refractivity contribution >= 4 is 33.6 Å². The number of aromatic nitrogens is 3. The summed E-state index contributed by atoms with van der Waals surface area (Å²) in [5.74, 6) is -2.00. The summed E-state index contributed by atoms with van der Waals surface area (Å²) in [5.41, 5.74) is 1.73. The van der Waals surface area contributed by atoms with Crippen molar-refractivity contribution in [2.75, 3.05) is 50.6 Å². The van der Waals surface area contributed by atoms with Gasteiger partial charge in [0.2, 0.25) is 5.91 Å². The van der Waals surface area contributed by atoms with Crippen molar-refractivity contribution in [1.82, 2.24) is 24.3 Å². The van der Waals surface area contributed by atoms with Crippen molar-refractivity contribution in [3.05, 3.63) is 63.7 Å². The number of halogens is 2. The molecule has 12 heteroatoms. The Morgan fingerprint density at radius 3 is 2.57 bits per heavy atom. The Morgan fingerprint density at radius 2 is 1.87 bits per heavy atom. The van der Waals surface area contributed by atoms with E-state index in [0.717, 1.165) is 0 Å². The van der Waals surface area contributed by atoms with Crippen LogP contribution in [0.25, 0.3) is 11.0 Å². The van der Waals surface area contributed by atoms with Gasteiger partial charge in [-0.2, -0.15) is 0 Å². The van der Waals surface area contributed by atoms with E-state index < -0.39 is 22.6 Å². The molecule has 4 heterocycles. The molecule has 1 atom stereocenters. The van der Waals surface area contributed by atoms with Crippen LogP contribution in [0.3, 0.4) is 0 Å². The summed E-state index contributed by atoms with van der Waals surface area (Å²) >= 11 is 0. The van der Waals surface area contributed by atoms with Gasteiger partial charge in [-0.1, -0.05) is 25.1 Å². The third kappa shape index (κ3) is 7.48. The van der Waals surface area contributed by atoms with Crippen LogP contribution in [-0.2, 0) is 28.1 Å². The van der Waals surface area contributed by atoms with Gasteiger partial charge in [0.15, 0.2) is 0 Å². The molecule has 0 bridgehead atoms. The number of hydrogen-bond acceptors (Lipinski definition) is 7. The van der Waals surface area contributed by atoms with E-state index in [1.54, 1.807) is 28.6 Å². The molecule has 0 spiro atoms. The van der Waals surface area contributed by atoms with E-state index in [-0.39, 0.29) is 29.0 Å². The third-order valence-electron chi connectivity index (χ3n) is 9.70. The number of likely N-dealkylation sites (tertiary alicyclic amines) is 1. The smallest absolute Gasteiger partial charge is 0.276 e. The molecule has 2 aliphatic heterocycles. The van der Waals surface area contributed by atoms with E-state index in [9.17, 15) is 13.8 Å². The summed E-state index contributed by atoms with van der Waals surface area (Å²) in [6.07, 6.45) is 4.63. The second-order valence-electron chi connectivity index (χ2n) is 12.9. The zero-order valence-electron chi connectivity index (χ0n) is 27.3. The molecular weight excluding hydrogens is 610 g/mol. The van der Waals surface area contributed by atoms with Gasteiger partial charge in [-0.3, -0.25) is 18.4 Å². The molecule has 2 fully saturated rings. The highest BCUT2D eigenvalue weighted by Crippen LogP contribution is 2.42. The highest BCUT2D eigenvalue weighted by atomic mass is 32.2. The molecule has 5 rings (SSSR count). The molecule has 2 saturated heterocycles. The number of rotatable bonds is 11. The minimum atomic E-state index is -2.93. The number of carbonyl (C=O) groups excluding carboxylic acids is 1. The molecule has 0 saturated carbocycles. The fourth-order valence-corrected chi connectivity index (χ4v) is 7.99. The number of benzene rings is 1. The number of hydrogen-bond donors (Lipinski definition) is 1. The largest absolute Gasteiger partial charge is 0.363 e. The predicted molar refractivity (Wildman–Crippen MR) is 179 cm³/mol. The zero-order chi connectivity index (χ0) is 33.0. The van der Waals surface area contributed by atoms with Crippen molar-refractivity contribution in [3.63, 3.8) is 0 Å². The van der Waals surface area contributed by atoms with E-state index in [1.807, 2.05) is 33.0 Å². The maximum atomic E-state index is 15.7. The molecule has 250 valence electrons. The molecule has 0 aliphatic carbocycles. The van der Waals surface area contributed by atoms with Crippen molar-refractivity contribution in [2.45, 2.75) is 76.8 Å². The normalized spacial score (nSPS) is 20.5. The first-order valence-corrected chi connectivity index (χ1v) is 17.9. The monoisotopic (exact) mass is 656 g/mol. The molecule has 1 amide bonds. The fraction of sp³-hybridized carbons (Fsp3) is 0.588. The van der Waals surface area contributed by atoms with Crippen LogP contribution in [0.2, 0.25) is 0 Å². The Bertz CT molecular complexity index is 1610. The van der Waals surface area contributed by atoms with Gasteiger partial charge < -0.3 is 15.1 Å². The van der Waals surface area contributed by atoms with Crippen molar-refractivity contribution < 1.29 is 17.8 Å². The van der Waals surface area contributed by atoms with Crippen LogP contribution in [-0.4, -0.2) is 79.7 Å². The summed E-state index contributed by atoms with van der Waals surface area (Å²) in [7, 11) is 2.85. The van der Waals surface area contributed by atoms with Gasteiger partial charge in [0.05, 0.1) is 5.39 Å². The van der Waals surface area contributed by atoms with Gasteiger partial charge in [-0.25, -0.2) is 18.7 Å². The van der Waals surface area contributed by atoms with Crippen LogP contribution >= 0.6 is 0 Å². The van der Waals surface area contributed by atoms with E-state index in [2.05, 4.69) is 20.2 Å². The molecule has 1 N–H and O–H groups in total. The first-order chi connectivity index (χ1) is 22.0. The third-order valence-corrected chi connectivity index (χ3v) is 11.1. The van der Waals surface area contributed by atoms with E-state index in [0.29, 0.717) is 104 Å². The van der Waals surface area contributed by atoms with Gasteiger partial charge in [0.25, 0.3) is 11.5 Å². The Labute approximate surface area is 272 Å². The quantitative estimate of drug-likeness (QED) is 0.300. The van der Waals surface area contributed by atoms with Crippen LogP contribution in [0.1, 0.15) is 81.0 Å². The second-order valence-corrected chi connectivity index (χ2v) is 14.5. The highest BCUT2D eigenvalue weighted by Gasteiger charge is 2.42. The first-order valence-electron chi connectivity index (χ1n) is 16.4. The first kappa shape index (κ1) is 34.1. The lowest BCUT2D eigenvalue weighted by Crippen LogP contribution is -2.37. The topological polar surface area (TPSA) is 100 Å². The molecule has 46 heavy (non-hydrogen) atoms. The number of nitrogens with one attached hydrogen (secondary N) is 1. The number of nitrogens with zero attached hydrogens (tertiary/aromatic N) is 5. The number of anilines is 1. The average molecular weight is 657 g/mol. The maximum absolute atomic E-state index is 15.7. The molecular formula is C34H46F2N6O3S. The molecule has 2 aliphatic rings. The Balaban J connectivity index is 1.46. The zero-order valence-corrected chi connectivity index (χ0v) is 28.1. The summed E-state index contributed by atoms with van der Waals surface area (Å²) in [5, 5.41) is 4.09. The van der Waals surface area contributed by atoms with Crippen LogP contribution in [0.15, 0.2) is 41.5 Å². The van der Waals surface area contributed by atoms with E-state index in [4.69, 9.17) is 0 Å². The van der Waals surface area contributed by atoms with E-state index >= 15 is 8.78 Å². The van der Waals surface area contributed by atoms with Gasteiger partial charge in [-0.15, -0.1) is 0 Å². The molecule has 2 aromatic heterocycles. The number of piperidine rings is 1. The number of pyridine rings is 1. The number of alkyl halides is 2. The minimum absolute atomic E-state index is 0.0260. The van der Waals surface area contributed by atoms with Crippen LogP contribution in [0.5, 0.6) is 0 Å². The molecule has 3 aromatic rings. The summed E-state index contributed by atoms with van der Waals surface area (Å²) < 4.78 is 45.1. The van der Waals surface area contributed by atoms with Gasteiger partial charge in [-0.05, 0) is 82.8 Å². The fourth-order valence-electron chi connectivity index (χ4n) is 6.69. The van der Waals surface area contributed by atoms with Gasteiger partial charge in [0.1, 0.15) is 17.8 Å². The van der Waals surface area contributed by atoms with Crippen molar-refractivity contribution in [2.24, 2.45) is 5.92 Å². The van der Waals surface area contributed by atoms with Crippen molar-refractivity contribution in [1.29, 1.82) is 0 Å². The average Bonchev–Trinajstić information content (AvgIpc) is 3.06. The molecule has 9 nitrogen and oxygen atoms in total. The van der Waals surface area contributed by atoms with Crippen LogP contribution < -0.4 is 10.9 Å². The lowest BCUT2D eigenvalue weighted by Gasteiger charge is -2.34. The molecule has 0 radical (unpaired) electrons. The minimum Gasteiger partial charge on any atom is -0.363 e. The maximum Gasteiger partial charge on any atom is 0.276 e. The Hall–Kier alpha value is -3.25. The lowest BCUT2D eigenvalue weighted by molar-refractivity contribution is -0.129. The standard InChI is InChI=1S/C34H46F2N6O3S/c1-5-30(43)41(4)14-7-15-42-32-29(21-28(33(42)44)24-12-18-46(45)19-13-24)31(37-22-38-32)39-23(2)25-8-6-9-27(20-25)34(35,36)26-10-16-40(3)17-11-26/h6,8-9,20-24,26H,5,7,10-19H2,1-4H3,(H,37,38,39)/t23-,24?,46?/m1/s1. The van der Waals surface area contributed by atoms with Gasteiger partial charge in [0, 0.05) is 71.9 Å². The lowest BCUT2D eigenvalue weighted by atomic mass is 9.86. The SMILES string of the molecule is CCC(=O)N(C)CCCn1c(=O)c(C2CCS(=O)CC2)cc2c(N[C@H](C)c3cccc(C(F)(F)C4CCN(C)CC4)c3)ncnc21. The van der Waals surface area contributed by atoms with Crippen LogP contribution in [0, 0.1) is 5.92 Å². The summed E-state index contributed by atoms with van der Waals surface area (Å²) in [4.78, 5) is 38.8. The van der Waals surface area contributed by atoms with Gasteiger partial charge >= 0.3 is 0 Å². The number of fused-ring (bicyclic) bond motifs is 1. The number of aryl methyl sites for hydroxylation is 1. The van der Waals surface area contributed by atoms with Crippen LogP contribution in [0.4, 0.5) is 14.6 Å². The highest BCUT2D eigenvalue weighted by molar-refractivity contribution is 7.85.